The molecular formula is C28H21N3O8. The van der Waals surface area contributed by atoms with Crippen molar-refractivity contribution in [1.82, 2.24) is 10.2 Å². The lowest BCUT2D eigenvalue weighted by molar-refractivity contribution is -0.386. The standard InChI is InChI=1S/C28H21N3O8/c1-37-27(33)25-12-10-20(39-25)15-30-26(32)22(29-28(30)34)13-17-9-11-24(23(14-17)31(35)36)38-16-19-7-4-6-18-5-2-3-8-21(18)19/h2-14H,15-16H2,1H3,(H,29,34)/b22-13-. The topological polar surface area (TPSA) is 141 Å². The van der Waals surface area contributed by atoms with Gasteiger partial charge in [0.1, 0.15) is 18.1 Å². The number of urea groups is 1. The van der Waals surface area contributed by atoms with Crippen molar-refractivity contribution in [3.63, 3.8) is 0 Å². The number of amides is 3. The highest BCUT2D eigenvalue weighted by atomic mass is 16.6. The van der Waals surface area contributed by atoms with Crippen molar-refractivity contribution in [3.8, 4) is 5.75 Å². The lowest BCUT2D eigenvalue weighted by Gasteiger charge is -2.10. The Morgan fingerprint density at radius 2 is 1.87 bits per heavy atom. The number of hydrogen-bond donors (Lipinski definition) is 1. The highest BCUT2D eigenvalue weighted by Gasteiger charge is 2.34. The molecule has 3 amide bonds. The summed E-state index contributed by atoms with van der Waals surface area (Å²) >= 11 is 0. The fourth-order valence-corrected chi connectivity index (χ4v) is 4.17. The monoisotopic (exact) mass is 527 g/mol. The molecule has 0 saturated carbocycles. The molecule has 0 unspecified atom stereocenters. The van der Waals surface area contributed by atoms with E-state index in [0.717, 1.165) is 21.2 Å². The molecule has 0 aliphatic carbocycles. The van der Waals surface area contributed by atoms with Crippen LogP contribution in [0, 0.1) is 10.1 Å². The summed E-state index contributed by atoms with van der Waals surface area (Å²) < 4.78 is 15.7. The van der Waals surface area contributed by atoms with Gasteiger partial charge in [-0.15, -0.1) is 0 Å². The van der Waals surface area contributed by atoms with Crippen LogP contribution in [0.4, 0.5) is 10.5 Å². The molecule has 0 atom stereocenters. The van der Waals surface area contributed by atoms with Gasteiger partial charge in [0.15, 0.2) is 5.75 Å². The predicted octanol–water partition coefficient (Wildman–Crippen LogP) is 4.80. The quantitative estimate of drug-likeness (QED) is 0.113. The largest absolute Gasteiger partial charge is 0.482 e. The van der Waals surface area contributed by atoms with E-state index in [1.165, 1.54) is 37.5 Å². The number of methoxy groups -OCH3 is 1. The van der Waals surface area contributed by atoms with Gasteiger partial charge in [-0.05, 0) is 46.2 Å². The van der Waals surface area contributed by atoms with Crippen molar-refractivity contribution < 1.29 is 33.2 Å². The van der Waals surface area contributed by atoms with E-state index in [1.807, 2.05) is 42.5 Å². The first kappa shape index (κ1) is 25.2. The number of fused-ring (bicyclic) bond motifs is 1. The minimum Gasteiger partial charge on any atom is -0.482 e. The Morgan fingerprint density at radius 3 is 2.67 bits per heavy atom. The van der Waals surface area contributed by atoms with Gasteiger partial charge < -0.3 is 19.2 Å². The molecule has 3 aromatic carbocycles. The first-order valence-corrected chi connectivity index (χ1v) is 11.7. The zero-order chi connectivity index (χ0) is 27.5. The molecule has 0 bridgehead atoms. The number of carbonyl (C=O) groups is 3. The molecule has 0 spiro atoms. The number of nitrogens with one attached hydrogen (secondary N) is 1. The van der Waals surface area contributed by atoms with E-state index in [9.17, 15) is 24.5 Å². The van der Waals surface area contributed by atoms with Gasteiger partial charge in [0, 0.05) is 6.07 Å². The lowest BCUT2D eigenvalue weighted by atomic mass is 10.1. The number of rotatable bonds is 8. The number of hydrogen-bond acceptors (Lipinski definition) is 8. The average Bonchev–Trinajstić information content (AvgIpc) is 3.52. The Labute approximate surface area is 221 Å². The average molecular weight is 527 g/mol. The molecule has 0 radical (unpaired) electrons. The third-order valence-electron chi connectivity index (χ3n) is 6.08. The van der Waals surface area contributed by atoms with Gasteiger partial charge in [0.25, 0.3) is 5.91 Å². The van der Waals surface area contributed by atoms with E-state index in [-0.39, 0.29) is 41.8 Å². The molecule has 5 rings (SSSR count). The van der Waals surface area contributed by atoms with E-state index < -0.39 is 22.8 Å². The molecule has 1 saturated heterocycles. The molecule has 2 heterocycles. The second kappa shape index (κ2) is 10.5. The van der Waals surface area contributed by atoms with Crippen molar-refractivity contribution >= 4 is 40.4 Å². The van der Waals surface area contributed by atoms with Crippen molar-refractivity contribution in [2.75, 3.05) is 7.11 Å². The maximum absolute atomic E-state index is 12.9. The van der Waals surface area contributed by atoms with Crippen LogP contribution in [-0.2, 0) is 22.7 Å². The molecule has 196 valence electrons. The van der Waals surface area contributed by atoms with Crippen LogP contribution in [0.15, 0.2) is 82.9 Å². The van der Waals surface area contributed by atoms with E-state index in [4.69, 9.17) is 9.15 Å². The van der Waals surface area contributed by atoms with E-state index >= 15 is 0 Å². The van der Waals surface area contributed by atoms with E-state index in [1.54, 1.807) is 6.07 Å². The molecule has 1 aliphatic heterocycles. The van der Waals surface area contributed by atoms with Crippen molar-refractivity contribution in [3.05, 3.63) is 111 Å². The highest BCUT2D eigenvalue weighted by molar-refractivity contribution is 6.13. The summed E-state index contributed by atoms with van der Waals surface area (Å²) in [7, 11) is 1.20. The molecule has 11 nitrogen and oxygen atoms in total. The van der Waals surface area contributed by atoms with E-state index in [2.05, 4.69) is 10.1 Å². The summed E-state index contributed by atoms with van der Waals surface area (Å²) in [5.74, 6) is -1.15. The van der Waals surface area contributed by atoms with E-state index in [0.29, 0.717) is 5.56 Å². The summed E-state index contributed by atoms with van der Waals surface area (Å²) in [5, 5.41) is 16.3. The fourth-order valence-electron chi connectivity index (χ4n) is 4.17. The third kappa shape index (κ3) is 5.18. The summed E-state index contributed by atoms with van der Waals surface area (Å²) in [4.78, 5) is 49.0. The molecule has 1 aromatic heterocycles. The molecule has 1 aliphatic rings. The van der Waals surface area contributed by atoms with Crippen LogP contribution in [0.3, 0.4) is 0 Å². The Hall–Kier alpha value is -5.45. The van der Waals surface area contributed by atoms with Gasteiger partial charge in [0.2, 0.25) is 5.76 Å². The van der Waals surface area contributed by atoms with Gasteiger partial charge in [-0.1, -0.05) is 48.5 Å². The van der Waals surface area contributed by atoms with Crippen LogP contribution in [0.25, 0.3) is 16.8 Å². The van der Waals surface area contributed by atoms with Gasteiger partial charge in [-0.2, -0.15) is 0 Å². The van der Waals surface area contributed by atoms with Crippen molar-refractivity contribution in [1.29, 1.82) is 0 Å². The Bertz CT molecular complexity index is 1650. The second-order valence-corrected chi connectivity index (χ2v) is 8.55. The number of carbonyl (C=O) groups excluding carboxylic acids is 3. The first-order chi connectivity index (χ1) is 18.8. The number of ether oxygens (including phenoxy) is 2. The Kier molecular flexibility index (Phi) is 6.79. The summed E-state index contributed by atoms with van der Waals surface area (Å²) in [6, 6.07) is 19.9. The zero-order valence-electron chi connectivity index (χ0n) is 20.6. The maximum atomic E-state index is 12.9. The number of nitro benzene ring substituents is 1. The number of benzene rings is 3. The van der Waals surface area contributed by atoms with Gasteiger partial charge in [-0.3, -0.25) is 19.8 Å². The minimum atomic E-state index is -0.702. The van der Waals surface area contributed by atoms with Crippen LogP contribution >= 0.6 is 0 Å². The molecule has 1 N–H and O–H groups in total. The zero-order valence-corrected chi connectivity index (χ0v) is 20.6. The summed E-state index contributed by atoms with van der Waals surface area (Å²) in [6.45, 7) is -0.100. The fraction of sp³-hybridized carbons (Fsp3) is 0.107. The lowest BCUT2D eigenvalue weighted by Crippen LogP contribution is -2.30. The van der Waals surface area contributed by atoms with Crippen molar-refractivity contribution in [2.24, 2.45) is 0 Å². The van der Waals surface area contributed by atoms with Crippen LogP contribution < -0.4 is 10.1 Å². The van der Waals surface area contributed by atoms with Gasteiger partial charge in [0.05, 0.1) is 18.6 Å². The predicted molar refractivity (Wildman–Crippen MR) is 138 cm³/mol. The number of esters is 1. The number of imide groups is 1. The smallest absolute Gasteiger partial charge is 0.373 e. The molecule has 39 heavy (non-hydrogen) atoms. The maximum Gasteiger partial charge on any atom is 0.373 e. The van der Waals surface area contributed by atoms with Crippen LogP contribution in [-0.4, -0.2) is 34.8 Å². The number of nitro groups is 1. The number of furan rings is 1. The summed E-state index contributed by atoms with van der Waals surface area (Å²) in [6.07, 6.45) is 1.34. The van der Waals surface area contributed by atoms with Gasteiger partial charge in [-0.25, -0.2) is 9.59 Å². The normalized spacial score (nSPS) is 14.1. The first-order valence-electron chi connectivity index (χ1n) is 11.7. The highest BCUT2D eigenvalue weighted by Crippen LogP contribution is 2.31. The SMILES string of the molecule is COC(=O)c1ccc(CN2C(=O)N/C(=C\c3ccc(OCc4cccc5ccccc45)c([N+](=O)[O-])c3)C2=O)o1. The minimum absolute atomic E-state index is 0.0645. The van der Waals surface area contributed by atoms with Crippen LogP contribution in [0.2, 0.25) is 0 Å². The summed E-state index contributed by atoms with van der Waals surface area (Å²) in [5.41, 5.74) is 0.835. The van der Waals surface area contributed by atoms with Crippen LogP contribution in [0.5, 0.6) is 5.75 Å². The van der Waals surface area contributed by atoms with Crippen molar-refractivity contribution in [2.45, 2.75) is 13.2 Å². The molecular weight excluding hydrogens is 506 g/mol. The molecule has 11 heteroatoms. The Morgan fingerprint density at radius 1 is 1.08 bits per heavy atom. The third-order valence-corrected chi connectivity index (χ3v) is 6.08. The van der Waals surface area contributed by atoms with Crippen LogP contribution in [0.1, 0.15) is 27.4 Å². The second-order valence-electron chi connectivity index (χ2n) is 8.55. The Balaban J connectivity index is 1.33. The molecule has 4 aromatic rings. The number of nitrogens with zero attached hydrogens (tertiary/aromatic N) is 2. The van der Waals surface area contributed by atoms with Gasteiger partial charge >= 0.3 is 17.7 Å². The molecule has 1 fully saturated rings.